The standard InChI is InChI=1S/C15H22N2O2/c1-10(2)13-8-12(5-6-14(13)19-4)17-9-11(16-3)7-15(17)18/h5-6,8,10-11,16H,7,9H2,1-4H3. The van der Waals surface area contributed by atoms with Crippen LogP contribution in [-0.4, -0.2) is 32.7 Å². The fraction of sp³-hybridized carbons (Fsp3) is 0.533. The lowest BCUT2D eigenvalue weighted by Crippen LogP contribution is -2.30. The Bertz CT molecular complexity index is 471. The third kappa shape index (κ3) is 2.73. The molecular formula is C15H22N2O2. The van der Waals surface area contributed by atoms with E-state index in [1.807, 2.05) is 24.1 Å². The van der Waals surface area contributed by atoms with Crippen LogP contribution in [0, 0.1) is 0 Å². The Labute approximate surface area is 114 Å². The van der Waals surface area contributed by atoms with Crippen LogP contribution in [-0.2, 0) is 4.79 Å². The third-order valence-electron chi connectivity index (χ3n) is 3.68. The van der Waals surface area contributed by atoms with E-state index in [4.69, 9.17) is 4.74 Å². The first kappa shape index (κ1) is 13.9. The molecule has 0 spiro atoms. The van der Waals surface area contributed by atoms with E-state index in [1.54, 1.807) is 7.11 Å². The number of benzene rings is 1. The summed E-state index contributed by atoms with van der Waals surface area (Å²) >= 11 is 0. The number of hydrogen-bond acceptors (Lipinski definition) is 3. The topological polar surface area (TPSA) is 41.6 Å². The molecule has 0 aromatic heterocycles. The molecule has 0 radical (unpaired) electrons. The van der Waals surface area contributed by atoms with Crippen molar-refractivity contribution in [1.29, 1.82) is 0 Å². The average Bonchev–Trinajstić information content (AvgIpc) is 2.79. The Morgan fingerprint density at radius 1 is 1.42 bits per heavy atom. The zero-order valence-corrected chi connectivity index (χ0v) is 12.1. The number of likely N-dealkylation sites (N-methyl/N-ethyl adjacent to an activating group) is 1. The summed E-state index contributed by atoms with van der Waals surface area (Å²) in [5.74, 6) is 1.43. The van der Waals surface area contributed by atoms with Crippen molar-refractivity contribution in [2.45, 2.75) is 32.2 Å². The second-order valence-electron chi connectivity index (χ2n) is 5.28. The molecule has 19 heavy (non-hydrogen) atoms. The van der Waals surface area contributed by atoms with Crippen molar-refractivity contribution in [2.75, 3.05) is 25.6 Å². The summed E-state index contributed by atoms with van der Waals surface area (Å²) in [5.41, 5.74) is 2.10. The highest BCUT2D eigenvalue weighted by Gasteiger charge is 2.29. The zero-order chi connectivity index (χ0) is 14.0. The summed E-state index contributed by atoms with van der Waals surface area (Å²) in [7, 11) is 3.58. The molecule has 1 heterocycles. The molecular weight excluding hydrogens is 240 g/mol. The lowest BCUT2D eigenvalue weighted by Gasteiger charge is -2.20. The summed E-state index contributed by atoms with van der Waals surface area (Å²) in [5, 5.41) is 3.17. The second-order valence-corrected chi connectivity index (χ2v) is 5.28. The molecule has 104 valence electrons. The molecule has 0 bridgehead atoms. The van der Waals surface area contributed by atoms with E-state index >= 15 is 0 Å². The fourth-order valence-electron chi connectivity index (χ4n) is 2.49. The van der Waals surface area contributed by atoms with Gasteiger partial charge in [0, 0.05) is 24.7 Å². The van der Waals surface area contributed by atoms with Crippen LogP contribution in [0.2, 0.25) is 0 Å². The van der Waals surface area contributed by atoms with E-state index in [0.717, 1.165) is 23.5 Å². The van der Waals surface area contributed by atoms with Gasteiger partial charge in [-0.1, -0.05) is 13.8 Å². The molecule has 1 unspecified atom stereocenters. The van der Waals surface area contributed by atoms with Crippen molar-refractivity contribution in [2.24, 2.45) is 0 Å². The maximum Gasteiger partial charge on any atom is 0.228 e. The molecule has 1 fully saturated rings. The highest BCUT2D eigenvalue weighted by atomic mass is 16.5. The molecule has 1 aromatic carbocycles. The lowest BCUT2D eigenvalue weighted by molar-refractivity contribution is -0.117. The Morgan fingerprint density at radius 3 is 2.68 bits per heavy atom. The Balaban J connectivity index is 2.31. The Morgan fingerprint density at radius 2 is 2.16 bits per heavy atom. The van der Waals surface area contributed by atoms with Gasteiger partial charge in [-0.05, 0) is 36.7 Å². The molecule has 1 amide bonds. The molecule has 1 aromatic rings. The molecule has 4 heteroatoms. The number of carbonyl (C=O) groups excluding carboxylic acids is 1. The monoisotopic (exact) mass is 262 g/mol. The van der Waals surface area contributed by atoms with Gasteiger partial charge in [0.2, 0.25) is 5.91 Å². The minimum atomic E-state index is 0.180. The van der Waals surface area contributed by atoms with Gasteiger partial charge in [-0.15, -0.1) is 0 Å². The number of nitrogens with one attached hydrogen (secondary N) is 1. The normalized spacial score (nSPS) is 19.3. The second kappa shape index (κ2) is 5.61. The molecule has 4 nitrogen and oxygen atoms in total. The van der Waals surface area contributed by atoms with Crippen molar-refractivity contribution in [3.63, 3.8) is 0 Å². The van der Waals surface area contributed by atoms with Crippen LogP contribution in [0.1, 0.15) is 31.7 Å². The fourth-order valence-corrected chi connectivity index (χ4v) is 2.49. The van der Waals surface area contributed by atoms with E-state index in [2.05, 4.69) is 25.2 Å². The Kier molecular flexibility index (Phi) is 4.10. The van der Waals surface area contributed by atoms with Crippen LogP contribution in [0.25, 0.3) is 0 Å². The number of carbonyl (C=O) groups is 1. The van der Waals surface area contributed by atoms with Crippen LogP contribution in [0.3, 0.4) is 0 Å². The lowest BCUT2D eigenvalue weighted by atomic mass is 10.0. The van der Waals surface area contributed by atoms with Crippen LogP contribution in [0.4, 0.5) is 5.69 Å². The van der Waals surface area contributed by atoms with Gasteiger partial charge < -0.3 is 15.0 Å². The molecule has 2 rings (SSSR count). The highest BCUT2D eigenvalue weighted by molar-refractivity contribution is 5.96. The predicted molar refractivity (Wildman–Crippen MR) is 76.9 cm³/mol. The van der Waals surface area contributed by atoms with Crippen LogP contribution >= 0.6 is 0 Å². The molecule has 1 atom stereocenters. The van der Waals surface area contributed by atoms with Gasteiger partial charge in [-0.3, -0.25) is 4.79 Å². The van der Waals surface area contributed by atoms with Gasteiger partial charge in [-0.2, -0.15) is 0 Å². The van der Waals surface area contributed by atoms with Gasteiger partial charge in [0.25, 0.3) is 0 Å². The van der Waals surface area contributed by atoms with E-state index in [9.17, 15) is 4.79 Å². The van der Waals surface area contributed by atoms with Gasteiger partial charge >= 0.3 is 0 Å². The summed E-state index contributed by atoms with van der Waals surface area (Å²) < 4.78 is 5.38. The van der Waals surface area contributed by atoms with Crippen molar-refractivity contribution in [3.8, 4) is 5.75 Å². The van der Waals surface area contributed by atoms with Crippen molar-refractivity contribution in [1.82, 2.24) is 5.32 Å². The van der Waals surface area contributed by atoms with Crippen molar-refractivity contribution in [3.05, 3.63) is 23.8 Å². The van der Waals surface area contributed by atoms with Crippen molar-refractivity contribution < 1.29 is 9.53 Å². The molecule has 0 saturated carbocycles. The summed E-state index contributed by atoms with van der Waals surface area (Å²) in [6.07, 6.45) is 0.569. The molecule has 1 saturated heterocycles. The number of hydrogen-bond donors (Lipinski definition) is 1. The van der Waals surface area contributed by atoms with Gasteiger partial charge in [0.15, 0.2) is 0 Å². The zero-order valence-electron chi connectivity index (χ0n) is 12.1. The van der Waals surface area contributed by atoms with Gasteiger partial charge in [0.1, 0.15) is 5.75 Å². The van der Waals surface area contributed by atoms with Crippen molar-refractivity contribution >= 4 is 11.6 Å². The highest BCUT2D eigenvalue weighted by Crippen LogP contribution is 2.32. The summed E-state index contributed by atoms with van der Waals surface area (Å²) in [6.45, 7) is 4.99. The minimum Gasteiger partial charge on any atom is -0.496 e. The largest absolute Gasteiger partial charge is 0.496 e. The quantitative estimate of drug-likeness (QED) is 0.904. The van der Waals surface area contributed by atoms with Gasteiger partial charge in [0.05, 0.1) is 7.11 Å². The molecule has 1 aliphatic heterocycles. The first-order valence-electron chi connectivity index (χ1n) is 6.72. The summed E-state index contributed by atoms with van der Waals surface area (Å²) in [6, 6.07) is 6.22. The van der Waals surface area contributed by atoms with E-state index in [-0.39, 0.29) is 11.9 Å². The minimum absolute atomic E-state index is 0.180. The number of nitrogens with zero attached hydrogens (tertiary/aromatic N) is 1. The third-order valence-corrected chi connectivity index (χ3v) is 3.68. The SMILES string of the molecule is CNC1CC(=O)N(c2ccc(OC)c(C(C)C)c2)C1. The van der Waals surface area contributed by atoms with Crippen LogP contribution < -0.4 is 15.0 Å². The molecule has 1 aliphatic rings. The van der Waals surface area contributed by atoms with Crippen LogP contribution in [0.5, 0.6) is 5.75 Å². The maximum atomic E-state index is 12.0. The molecule has 1 N–H and O–H groups in total. The first-order chi connectivity index (χ1) is 9.06. The number of methoxy groups -OCH3 is 1. The van der Waals surface area contributed by atoms with E-state index in [0.29, 0.717) is 12.3 Å². The predicted octanol–water partition coefficient (Wildman–Crippen LogP) is 2.14. The number of ether oxygens (including phenoxy) is 1. The summed E-state index contributed by atoms with van der Waals surface area (Å²) in [4.78, 5) is 13.9. The van der Waals surface area contributed by atoms with E-state index < -0.39 is 0 Å². The van der Waals surface area contributed by atoms with Crippen LogP contribution in [0.15, 0.2) is 18.2 Å². The number of anilines is 1. The van der Waals surface area contributed by atoms with E-state index in [1.165, 1.54) is 0 Å². The number of amides is 1. The molecule has 0 aliphatic carbocycles. The average molecular weight is 262 g/mol. The van der Waals surface area contributed by atoms with Gasteiger partial charge in [-0.25, -0.2) is 0 Å². The Hall–Kier alpha value is -1.55. The maximum absolute atomic E-state index is 12.0. The smallest absolute Gasteiger partial charge is 0.228 e. The first-order valence-corrected chi connectivity index (χ1v) is 6.72. The number of rotatable bonds is 4.